The highest BCUT2D eigenvalue weighted by molar-refractivity contribution is 6.05. The van der Waals surface area contributed by atoms with Crippen LogP contribution in [0.4, 0.5) is 0 Å². The summed E-state index contributed by atoms with van der Waals surface area (Å²) in [5, 5.41) is 5.80. The summed E-state index contributed by atoms with van der Waals surface area (Å²) in [5.41, 5.74) is 2.94. The molecule has 4 aliphatic heterocycles. The molecule has 0 spiro atoms. The number of likely N-dealkylation sites (tertiary alicyclic amines) is 1. The van der Waals surface area contributed by atoms with Gasteiger partial charge in [0.1, 0.15) is 6.04 Å². The highest BCUT2D eigenvalue weighted by Gasteiger charge is 2.39. The molecule has 32 heavy (non-hydrogen) atoms. The van der Waals surface area contributed by atoms with Crippen LogP contribution in [0.2, 0.25) is 0 Å². The van der Waals surface area contributed by atoms with Gasteiger partial charge in [-0.05, 0) is 55.5 Å². The third-order valence-electron chi connectivity index (χ3n) is 7.51. The highest BCUT2D eigenvalue weighted by atomic mass is 16.2. The van der Waals surface area contributed by atoms with Crippen LogP contribution in [0.3, 0.4) is 0 Å². The van der Waals surface area contributed by atoms with Gasteiger partial charge in [0.25, 0.3) is 5.91 Å². The molecule has 4 heterocycles. The lowest BCUT2D eigenvalue weighted by molar-refractivity contribution is -0.136. The van der Waals surface area contributed by atoms with Crippen molar-refractivity contribution in [3.05, 3.63) is 34.9 Å². The van der Waals surface area contributed by atoms with Gasteiger partial charge in [0.05, 0.1) is 0 Å². The number of carbonyl (C=O) groups is 3. The summed E-state index contributed by atoms with van der Waals surface area (Å²) in [6.45, 7) is 9.22. The van der Waals surface area contributed by atoms with E-state index in [0.29, 0.717) is 18.5 Å². The summed E-state index contributed by atoms with van der Waals surface area (Å²) < 4.78 is 0. The molecule has 8 nitrogen and oxygen atoms in total. The molecule has 1 aromatic carbocycles. The number of hydrogen-bond acceptors (Lipinski definition) is 6. The number of carbonyl (C=O) groups excluding carboxylic acids is 3. The molecule has 0 saturated carbocycles. The summed E-state index contributed by atoms with van der Waals surface area (Å²) in [5.74, 6) is 0.0773. The van der Waals surface area contributed by atoms with Crippen molar-refractivity contribution >= 4 is 17.7 Å². The van der Waals surface area contributed by atoms with Gasteiger partial charge in [0, 0.05) is 57.8 Å². The van der Waals surface area contributed by atoms with Crippen LogP contribution in [0.1, 0.15) is 47.2 Å². The Kier molecular flexibility index (Phi) is 6.26. The van der Waals surface area contributed by atoms with E-state index in [0.717, 1.165) is 57.3 Å². The van der Waals surface area contributed by atoms with Crippen molar-refractivity contribution in [3.63, 3.8) is 0 Å². The maximum absolute atomic E-state index is 13.0. The van der Waals surface area contributed by atoms with E-state index in [2.05, 4.69) is 26.5 Å². The van der Waals surface area contributed by atoms with E-state index >= 15 is 0 Å². The molecule has 1 unspecified atom stereocenters. The SMILES string of the molecule is O=C1CCC(N2Cc3c(CN4CCC(CN5CCNCC5)CC4)cccc3C2=O)C(=O)N1. The first-order chi connectivity index (χ1) is 15.6. The Balaban J connectivity index is 1.20. The quantitative estimate of drug-likeness (QED) is 0.653. The minimum absolute atomic E-state index is 0.0916. The Morgan fingerprint density at radius 1 is 0.938 bits per heavy atom. The van der Waals surface area contributed by atoms with Crippen molar-refractivity contribution in [3.8, 4) is 0 Å². The van der Waals surface area contributed by atoms with Crippen LogP contribution in [0, 0.1) is 5.92 Å². The number of rotatable bonds is 5. The molecule has 3 fully saturated rings. The first-order valence-corrected chi connectivity index (χ1v) is 12.0. The van der Waals surface area contributed by atoms with Crippen LogP contribution in [-0.2, 0) is 22.7 Å². The summed E-state index contributed by atoms with van der Waals surface area (Å²) in [6, 6.07) is 5.39. The molecule has 1 aromatic rings. The summed E-state index contributed by atoms with van der Waals surface area (Å²) in [7, 11) is 0. The van der Waals surface area contributed by atoms with Gasteiger partial charge in [-0.2, -0.15) is 0 Å². The van der Waals surface area contributed by atoms with Crippen molar-refractivity contribution < 1.29 is 14.4 Å². The van der Waals surface area contributed by atoms with Gasteiger partial charge in [-0.15, -0.1) is 0 Å². The molecule has 0 bridgehead atoms. The van der Waals surface area contributed by atoms with E-state index < -0.39 is 6.04 Å². The second kappa shape index (κ2) is 9.29. The molecular weight excluding hydrogens is 406 g/mol. The molecule has 0 radical (unpaired) electrons. The fourth-order valence-corrected chi connectivity index (χ4v) is 5.62. The van der Waals surface area contributed by atoms with Crippen molar-refractivity contribution in [2.75, 3.05) is 45.8 Å². The smallest absolute Gasteiger partial charge is 0.255 e. The van der Waals surface area contributed by atoms with E-state index in [1.165, 1.54) is 24.9 Å². The fourth-order valence-electron chi connectivity index (χ4n) is 5.62. The van der Waals surface area contributed by atoms with E-state index in [4.69, 9.17) is 0 Å². The highest BCUT2D eigenvalue weighted by Crippen LogP contribution is 2.31. The minimum atomic E-state index is -0.554. The number of nitrogens with zero attached hydrogens (tertiary/aromatic N) is 3. The zero-order valence-electron chi connectivity index (χ0n) is 18.6. The van der Waals surface area contributed by atoms with Crippen molar-refractivity contribution in [2.45, 2.75) is 44.8 Å². The third-order valence-corrected chi connectivity index (χ3v) is 7.51. The topological polar surface area (TPSA) is 85.0 Å². The zero-order chi connectivity index (χ0) is 22.1. The average molecular weight is 440 g/mol. The van der Waals surface area contributed by atoms with Gasteiger partial charge in [0.15, 0.2) is 0 Å². The Bertz CT molecular complexity index is 890. The van der Waals surface area contributed by atoms with E-state index in [9.17, 15) is 14.4 Å². The first-order valence-electron chi connectivity index (χ1n) is 12.0. The van der Waals surface area contributed by atoms with Crippen LogP contribution < -0.4 is 10.6 Å². The average Bonchev–Trinajstić information content (AvgIpc) is 3.13. The molecule has 4 aliphatic rings. The van der Waals surface area contributed by atoms with Crippen LogP contribution in [-0.4, -0.2) is 84.3 Å². The number of hydrogen-bond donors (Lipinski definition) is 2. The number of amides is 3. The lowest BCUT2D eigenvalue weighted by atomic mass is 9.95. The predicted molar refractivity (Wildman–Crippen MR) is 120 cm³/mol. The number of imide groups is 1. The van der Waals surface area contributed by atoms with E-state index in [1.807, 2.05) is 12.1 Å². The first kappa shape index (κ1) is 21.6. The molecule has 0 aliphatic carbocycles. The molecule has 3 saturated heterocycles. The number of benzene rings is 1. The predicted octanol–water partition coefficient (Wildman–Crippen LogP) is 0.565. The largest absolute Gasteiger partial charge is 0.322 e. The molecule has 8 heteroatoms. The van der Waals surface area contributed by atoms with Gasteiger partial charge in [-0.3, -0.25) is 24.6 Å². The molecule has 3 amide bonds. The number of piperidine rings is 2. The normalized spacial score (nSPS) is 25.8. The second-order valence-corrected chi connectivity index (χ2v) is 9.61. The van der Waals surface area contributed by atoms with Crippen molar-refractivity contribution in [1.29, 1.82) is 0 Å². The van der Waals surface area contributed by atoms with Gasteiger partial charge in [-0.1, -0.05) is 12.1 Å². The second-order valence-electron chi connectivity index (χ2n) is 9.61. The minimum Gasteiger partial charge on any atom is -0.322 e. The maximum atomic E-state index is 13.0. The third kappa shape index (κ3) is 4.44. The van der Waals surface area contributed by atoms with Crippen LogP contribution in [0.5, 0.6) is 0 Å². The lowest BCUT2D eigenvalue weighted by Gasteiger charge is -2.36. The van der Waals surface area contributed by atoms with Gasteiger partial charge in [0.2, 0.25) is 11.8 Å². The standard InChI is InChI=1S/C24H33N5O3/c30-22-5-4-21(23(31)26-22)29-16-20-18(2-1-3-19(20)24(29)32)15-27-10-6-17(7-11-27)14-28-12-8-25-9-13-28/h1-3,17,21,25H,4-16H2,(H,26,30,31). The van der Waals surface area contributed by atoms with Crippen LogP contribution >= 0.6 is 0 Å². The van der Waals surface area contributed by atoms with Crippen molar-refractivity contribution in [2.24, 2.45) is 5.92 Å². The summed E-state index contributed by atoms with van der Waals surface area (Å²) in [6.07, 6.45) is 3.13. The Morgan fingerprint density at radius 3 is 2.47 bits per heavy atom. The molecule has 0 aromatic heterocycles. The summed E-state index contributed by atoms with van der Waals surface area (Å²) in [4.78, 5) is 43.6. The Morgan fingerprint density at radius 2 is 1.72 bits per heavy atom. The van der Waals surface area contributed by atoms with E-state index in [-0.39, 0.29) is 24.1 Å². The van der Waals surface area contributed by atoms with Crippen LogP contribution in [0.15, 0.2) is 18.2 Å². The monoisotopic (exact) mass is 439 g/mol. The van der Waals surface area contributed by atoms with E-state index in [1.54, 1.807) is 4.90 Å². The zero-order valence-corrected chi connectivity index (χ0v) is 18.6. The Hall–Kier alpha value is -2.29. The number of fused-ring (bicyclic) bond motifs is 1. The molecule has 5 rings (SSSR count). The number of nitrogens with one attached hydrogen (secondary N) is 2. The molecular formula is C24H33N5O3. The maximum Gasteiger partial charge on any atom is 0.255 e. The Labute approximate surface area is 189 Å². The summed E-state index contributed by atoms with van der Waals surface area (Å²) >= 11 is 0. The fraction of sp³-hybridized carbons (Fsp3) is 0.625. The lowest BCUT2D eigenvalue weighted by Crippen LogP contribution is -2.52. The van der Waals surface area contributed by atoms with Gasteiger partial charge >= 0.3 is 0 Å². The molecule has 1 atom stereocenters. The van der Waals surface area contributed by atoms with Crippen LogP contribution in [0.25, 0.3) is 0 Å². The van der Waals surface area contributed by atoms with Crippen molar-refractivity contribution in [1.82, 2.24) is 25.3 Å². The number of piperazine rings is 1. The molecule has 172 valence electrons. The van der Waals surface area contributed by atoms with Gasteiger partial charge < -0.3 is 15.1 Å². The molecule has 2 N–H and O–H groups in total. The van der Waals surface area contributed by atoms with Gasteiger partial charge in [-0.25, -0.2) is 0 Å².